The van der Waals surface area contributed by atoms with Gasteiger partial charge in [0.1, 0.15) is 0 Å². The Balaban J connectivity index is 4.33. The van der Waals surface area contributed by atoms with Crippen molar-refractivity contribution < 1.29 is 9.22 Å². The second-order valence-corrected chi connectivity index (χ2v) is 9.65. The lowest BCUT2D eigenvalue weighted by molar-refractivity contribution is -0.132. The van der Waals surface area contributed by atoms with Crippen molar-refractivity contribution in [3.63, 3.8) is 0 Å². The fourth-order valence-corrected chi connectivity index (χ4v) is 1.74. The van der Waals surface area contributed by atoms with Crippen molar-refractivity contribution in [1.29, 1.82) is 0 Å². The molecule has 0 saturated heterocycles. The van der Waals surface area contributed by atoms with E-state index >= 15 is 0 Å². The van der Waals surface area contributed by atoms with Crippen LogP contribution in [0.2, 0.25) is 18.1 Å². The van der Waals surface area contributed by atoms with E-state index in [1.54, 1.807) is 0 Å². The van der Waals surface area contributed by atoms with Crippen molar-refractivity contribution in [3.8, 4) is 0 Å². The zero-order chi connectivity index (χ0) is 9.99. The van der Waals surface area contributed by atoms with E-state index in [2.05, 4.69) is 49.8 Å². The number of carbonyl (C=O) groups is 1. The van der Waals surface area contributed by atoms with Gasteiger partial charge in [-0.1, -0.05) is 36.7 Å². The van der Waals surface area contributed by atoms with Crippen LogP contribution in [0.4, 0.5) is 0 Å². The summed E-state index contributed by atoms with van der Waals surface area (Å²) in [6.45, 7) is 10.5. The van der Waals surface area contributed by atoms with E-state index in [0.29, 0.717) is 5.33 Å². The Morgan fingerprint density at radius 2 is 1.83 bits per heavy atom. The molecule has 72 valence electrons. The van der Waals surface area contributed by atoms with E-state index in [4.69, 9.17) is 4.43 Å². The van der Waals surface area contributed by atoms with Crippen LogP contribution in [-0.4, -0.2) is 19.6 Å². The van der Waals surface area contributed by atoms with E-state index in [1.165, 1.54) is 0 Å². The monoisotopic (exact) mass is 252 g/mol. The highest BCUT2D eigenvalue weighted by Gasteiger charge is 2.40. The van der Waals surface area contributed by atoms with Crippen LogP contribution in [0.1, 0.15) is 20.8 Å². The van der Waals surface area contributed by atoms with Gasteiger partial charge in [-0.3, -0.25) is 4.79 Å². The number of hydrogen-bond donors (Lipinski definition) is 0. The van der Waals surface area contributed by atoms with Gasteiger partial charge in [-0.15, -0.1) is 0 Å². The Bertz CT molecular complexity index is 172. The van der Waals surface area contributed by atoms with Gasteiger partial charge in [0.2, 0.25) is 0 Å². The van der Waals surface area contributed by atoms with Gasteiger partial charge < -0.3 is 4.43 Å². The number of halogens is 1. The predicted octanol–water partition coefficient (Wildman–Crippen LogP) is 2.93. The average molecular weight is 253 g/mol. The SMILES string of the molecule is CC(C)(C)[Si](C)(C)OC(=O)CBr. The van der Waals surface area contributed by atoms with Crippen molar-refractivity contribution in [2.24, 2.45) is 0 Å². The summed E-state index contributed by atoms with van der Waals surface area (Å²) in [7, 11) is -1.87. The third kappa shape index (κ3) is 3.27. The van der Waals surface area contributed by atoms with Crippen molar-refractivity contribution in [2.45, 2.75) is 38.9 Å². The first-order valence-electron chi connectivity index (χ1n) is 3.98. The molecule has 0 aromatic rings. The topological polar surface area (TPSA) is 26.3 Å². The molecular formula is C8H17BrO2Si. The molecule has 0 amide bonds. The van der Waals surface area contributed by atoms with Crippen LogP contribution < -0.4 is 0 Å². The summed E-state index contributed by atoms with van der Waals surface area (Å²) < 4.78 is 5.40. The Morgan fingerprint density at radius 3 is 2.08 bits per heavy atom. The summed E-state index contributed by atoms with van der Waals surface area (Å²) in [5.41, 5.74) is 0. The maximum atomic E-state index is 11.0. The molecule has 4 heteroatoms. The highest BCUT2D eigenvalue weighted by molar-refractivity contribution is 9.09. The molecule has 0 aliphatic carbocycles. The second kappa shape index (κ2) is 3.92. The Hall–Kier alpha value is 0.167. The van der Waals surface area contributed by atoms with Gasteiger partial charge in [-0.05, 0) is 18.1 Å². The maximum Gasteiger partial charge on any atom is 0.303 e. The van der Waals surface area contributed by atoms with E-state index < -0.39 is 8.32 Å². The molecule has 0 aromatic heterocycles. The number of alkyl halides is 1. The fraction of sp³-hybridized carbons (Fsp3) is 0.875. The molecule has 0 rings (SSSR count). The molecule has 0 heterocycles. The van der Waals surface area contributed by atoms with E-state index in [-0.39, 0.29) is 11.0 Å². The quantitative estimate of drug-likeness (QED) is 0.558. The van der Waals surface area contributed by atoms with Crippen LogP contribution in [0.15, 0.2) is 0 Å². The maximum absolute atomic E-state index is 11.0. The first-order valence-corrected chi connectivity index (χ1v) is 8.01. The summed E-state index contributed by atoms with van der Waals surface area (Å²) in [6, 6.07) is 0. The van der Waals surface area contributed by atoms with E-state index in [0.717, 1.165) is 0 Å². The minimum Gasteiger partial charge on any atom is -0.518 e. The largest absolute Gasteiger partial charge is 0.518 e. The second-order valence-electron chi connectivity index (χ2n) is 4.37. The summed E-state index contributed by atoms with van der Waals surface area (Å²) in [6.07, 6.45) is 0. The molecule has 0 aromatic carbocycles. The molecule has 0 N–H and O–H groups in total. The predicted molar refractivity (Wildman–Crippen MR) is 57.1 cm³/mol. The van der Waals surface area contributed by atoms with E-state index in [9.17, 15) is 4.79 Å². The Kier molecular flexibility index (Phi) is 3.97. The summed E-state index contributed by atoms with van der Waals surface area (Å²) in [5.74, 6) is -0.151. The molecule has 0 radical (unpaired) electrons. The van der Waals surface area contributed by atoms with E-state index in [1.807, 2.05) is 0 Å². The van der Waals surface area contributed by atoms with Gasteiger partial charge in [0.25, 0.3) is 8.32 Å². The highest BCUT2D eigenvalue weighted by atomic mass is 79.9. The molecule has 0 bridgehead atoms. The molecule has 0 unspecified atom stereocenters. The van der Waals surface area contributed by atoms with Crippen LogP contribution in [-0.2, 0) is 9.22 Å². The molecule has 2 nitrogen and oxygen atoms in total. The van der Waals surface area contributed by atoms with Crippen molar-refractivity contribution in [3.05, 3.63) is 0 Å². The van der Waals surface area contributed by atoms with Gasteiger partial charge in [0.15, 0.2) is 0 Å². The molecule has 0 atom stereocenters. The average Bonchev–Trinajstić information content (AvgIpc) is 1.84. The molecule has 0 spiro atoms. The lowest BCUT2D eigenvalue weighted by Crippen LogP contribution is -2.42. The van der Waals surface area contributed by atoms with Crippen LogP contribution in [0.3, 0.4) is 0 Å². The molecule has 0 aliphatic heterocycles. The molecule has 0 aliphatic rings. The van der Waals surface area contributed by atoms with Gasteiger partial charge in [-0.25, -0.2) is 0 Å². The summed E-state index contributed by atoms with van der Waals surface area (Å²) >= 11 is 3.08. The summed E-state index contributed by atoms with van der Waals surface area (Å²) in [5, 5.41) is 0.393. The minimum atomic E-state index is -1.87. The van der Waals surface area contributed by atoms with Gasteiger partial charge in [-0.2, -0.15) is 0 Å². The van der Waals surface area contributed by atoms with Gasteiger partial charge in [0.05, 0.1) is 5.33 Å². The molecular weight excluding hydrogens is 236 g/mol. The number of hydrogen-bond acceptors (Lipinski definition) is 2. The number of rotatable bonds is 2. The van der Waals surface area contributed by atoms with Crippen molar-refractivity contribution in [1.82, 2.24) is 0 Å². The third-order valence-corrected chi connectivity index (χ3v) is 7.09. The zero-order valence-electron chi connectivity index (χ0n) is 8.40. The number of carbonyl (C=O) groups excluding carboxylic acids is 1. The van der Waals surface area contributed by atoms with Gasteiger partial charge in [0, 0.05) is 0 Å². The molecule has 12 heavy (non-hydrogen) atoms. The van der Waals surface area contributed by atoms with Crippen LogP contribution in [0, 0.1) is 0 Å². The summed E-state index contributed by atoms with van der Waals surface area (Å²) in [4.78, 5) is 11.0. The van der Waals surface area contributed by atoms with Crippen LogP contribution in [0.5, 0.6) is 0 Å². The van der Waals surface area contributed by atoms with Crippen molar-refractivity contribution >= 4 is 30.2 Å². The third-order valence-electron chi connectivity index (χ3n) is 2.28. The normalized spacial score (nSPS) is 12.8. The standard InChI is InChI=1S/C8H17BrO2Si/c1-8(2,3)12(4,5)11-7(10)6-9/h6H2,1-5H3. The fourth-order valence-electron chi connectivity index (χ4n) is 0.465. The van der Waals surface area contributed by atoms with Crippen molar-refractivity contribution in [2.75, 3.05) is 5.33 Å². The first-order chi connectivity index (χ1) is 5.20. The Morgan fingerprint density at radius 1 is 1.42 bits per heavy atom. The lowest BCUT2D eigenvalue weighted by Gasteiger charge is -2.35. The first kappa shape index (κ1) is 12.2. The van der Waals surface area contributed by atoms with Crippen LogP contribution in [0.25, 0.3) is 0 Å². The van der Waals surface area contributed by atoms with Gasteiger partial charge >= 0.3 is 5.97 Å². The lowest BCUT2D eigenvalue weighted by atomic mass is 10.2. The minimum absolute atomic E-state index is 0.102. The highest BCUT2D eigenvalue weighted by Crippen LogP contribution is 2.36. The molecule has 0 saturated carbocycles. The Labute approximate surface area is 83.9 Å². The van der Waals surface area contributed by atoms with Crippen LogP contribution >= 0.6 is 15.9 Å². The smallest absolute Gasteiger partial charge is 0.303 e. The molecule has 0 fully saturated rings. The zero-order valence-corrected chi connectivity index (χ0v) is 11.0.